The number of rotatable bonds is 5. The molecule has 27 heavy (non-hydrogen) atoms. The van der Waals surface area contributed by atoms with E-state index < -0.39 is 5.82 Å². The van der Waals surface area contributed by atoms with Crippen molar-refractivity contribution in [3.8, 4) is 0 Å². The largest absolute Gasteiger partial charge is 0.344 e. The Hall–Kier alpha value is -1.28. The van der Waals surface area contributed by atoms with Gasteiger partial charge in [0.25, 0.3) is 5.91 Å². The number of hydrogen-bond acceptors (Lipinski definition) is 5. The summed E-state index contributed by atoms with van der Waals surface area (Å²) in [6.07, 6.45) is 2.79. The van der Waals surface area contributed by atoms with Gasteiger partial charge in [0.2, 0.25) is 0 Å². The number of likely N-dealkylation sites (N-methyl/N-ethyl adjacent to an activating group) is 1. The Bertz CT molecular complexity index is 658. The second kappa shape index (κ2) is 8.82. The van der Waals surface area contributed by atoms with Gasteiger partial charge < -0.3 is 15.1 Å². The summed E-state index contributed by atoms with van der Waals surface area (Å²) in [6, 6.07) is 1.13. The minimum atomic E-state index is -0.542. The first-order valence-corrected chi connectivity index (χ1v) is 10.1. The molecule has 3 heterocycles. The van der Waals surface area contributed by atoms with Gasteiger partial charge in [-0.2, -0.15) is 0 Å². The fraction of sp³-hybridized carbons (Fsp3) is 0.684. The first-order valence-electron chi connectivity index (χ1n) is 9.67. The molecular formula is C19H29ClFN5O. The molecule has 1 amide bonds. The number of likely N-dealkylation sites (tertiary alicyclic amines) is 1. The zero-order valence-corrected chi connectivity index (χ0v) is 16.9. The molecule has 2 aliphatic rings. The first kappa shape index (κ1) is 20.5. The molecule has 8 heteroatoms. The number of carbonyl (C=O) groups excluding carboxylic acids is 1. The summed E-state index contributed by atoms with van der Waals surface area (Å²) in [5, 5.41) is 3.26. The number of nitrogens with zero attached hydrogens (tertiary/aromatic N) is 4. The molecule has 0 unspecified atom stereocenters. The van der Waals surface area contributed by atoms with Crippen molar-refractivity contribution in [3.63, 3.8) is 0 Å². The second-order valence-electron chi connectivity index (χ2n) is 7.73. The van der Waals surface area contributed by atoms with Crippen LogP contribution in [-0.4, -0.2) is 90.5 Å². The highest BCUT2D eigenvalue weighted by atomic mass is 35.5. The first-order chi connectivity index (χ1) is 12.9. The second-order valence-corrected chi connectivity index (χ2v) is 8.14. The molecule has 3 rings (SSSR count). The van der Waals surface area contributed by atoms with Crippen molar-refractivity contribution >= 4 is 17.5 Å². The molecule has 1 aromatic rings. The zero-order valence-electron chi connectivity index (χ0n) is 16.2. The van der Waals surface area contributed by atoms with Gasteiger partial charge in [0, 0.05) is 45.8 Å². The number of aromatic nitrogens is 1. The predicted molar refractivity (Wildman–Crippen MR) is 105 cm³/mol. The number of amides is 1. The third-order valence-electron chi connectivity index (χ3n) is 5.78. The fourth-order valence-corrected chi connectivity index (χ4v) is 4.18. The van der Waals surface area contributed by atoms with Crippen LogP contribution in [0.1, 0.15) is 30.3 Å². The third-order valence-corrected chi connectivity index (χ3v) is 6.07. The van der Waals surface area contributed by atoms with Crippen molar-refractivity contribution in [1.29, 1.82) is 0 Å². The molecule has 0 aromatic carbocycles. The molecule has 0 radical (unpaired) electrons. The van der Waals surface area contributed by atoms with E-state index in [-0.39, 0.29) is 22.2 Å². The lowest BCUT2D eigenvalue weighted by atomic mass is 9.86. The van der Waals surface area contributed by atoms with Gasteiger partial charge in [0.15, 0.2) is 0 Å². The molecule has 150 valence electrons. The standard InChI is InChI=1S/C19H29ClFN5O/c1-3-25-8-10-26(11-9-25)14-19(4-6-24(2)7-5-19)23-18(27)17-16(20)12-15(21)13-22-17/h12-13H,3-11,14H2,1-2H3,(H,23,27). The van der Waals surface area contributed by atoms with Gasteiger partial charge in [-0.05, 0) is 32.5 Å². The van der Waals surface area contributed by atoms with Gasteiger partial charge in [-0.15, -0.1) is 0 Å². The molecule has 2 fully saturated rings. The van der Waals surface area contributed by atoms with Crippen LogP contribution in [0.4, 0.5) is 4.39 Å². The van der Waals surface area contributed by atoms with Gasteiger partial charge in [-0.25, -0.2) is 9.37 Å². The Morgan fingerprint density at radius 2 is 1.85 bits per heavy atom. The maximum absolute atomic E-state index is 13.3. The van der Waals surface area contributed by atoms with Gasteiger partial charge in [-0.3, -0.25) is 9.69 Å². The van der Waals surface area contributed by atoms with Crippen LogP contribution in [-0.2, 0) is 0 Å². The summed E-state index contributed by atoms with van der Waals surface area (Å²) >= 11 is 6.05. The maximum atomic E-state index is 13.3. The molecule has 2 aliphatic heterocycles. The van der Waals surface area contributed by atoms with Crippen LogP contribution < -0.4 is 5.32 Å². The van der Waals surface area contributed by atoms with Crippen LogP contribution >= 0.6 is 11.6 Å². The average molecular weight is 398 g/mol. The Balaban J connectivity index is 1.72. The molecule has 6 nitrogen and oxygen atoms in total. The molecule has 2 saturated heterocycles. The van der Waals surface area contributed by atoms with Crippen LogP contribution in [0.15, 0.2) is 12.3 Å². The van der Waals surface area contributed by atoms with Gasteiger partial charge in [0.05, 0.1) is 16.8 Å². The number of pyridine rings is 1. The smallest absolute Gasteiger partial charge is 0.271 e. The van der Waals surface area contributed by atoms with Gasteiger partial charge in [-0.1, -0.05) is 18.5 Å². The summed E-state index contributed by atoms with van der Waals surface area (Å²) in [4.78, 5) is 23.9. The number of nitrogens with one attached hydrogen (secondary N) is 1. The molecule has 0 atom stereocenters. The number of piperidine rings is 1. The van der Waals surface area contributed by atoms with E-state index in [1.54, 1.807) is 0 Å². The number of piperazine rings is 1. The summed E-state index contributed by atoms with van der Waals surface area (Å²) < 4.78 is 13.3. The zero-order chi connectivity index (χ0) is 19.4. The SMILES string of the molecule is CCN1CCN(CC2(NC(=O)c3ncc(F)cc3Cl)CCN(C)CC2)CC1. The molecule has 1 N–H and O–H groups in total. The Morgan fingerprint density at radius 1 is 1.22 bits per heavy atom. The van der Waals surface area contributed by atoms with Crippen LogP contribution in [0, 0.1) is 5.82 Å². The monoisotopic (exact) mass is 397 g/mol. The van der Waals surface area contributed by atoms with Crippen molar-refractivity contribution in [2.24, 2.45) is 0 Å². The van der Waals surface area contributed by atoms with Gasteiger partial charge in [0.1, 0.15) is 11.5 Å². The Labute approximate surface area is 165 Å². The van der Waals surface area contributed by atoms with E-state index in [1.807, 2.05) is 0 Å². The van der Waals surface area contributed by atoms with E-state index in [2.05, 4.69) is 39.0 Å². The van der Waals surface area contributed by atoms with E-state index >= 15 is 0 Å². The lowest BCUT2D eigenvalue weighted by Crippen LogP contribution is -2.62. The molecular weight excluding hydrogens is 369 g/mol. The maximum Gasteiger partial charge on any atom is 0.271 e. The summed E-state index contributed by atoms with van der Waals surface area (Å²) in [5.41, 5.74) is -0.218. The van der Waals surface area contributed by atoms with E-state index in [0.29, 0.717) is 0 Å². The highest BCUT2D eigenvalue weighted by Gasteiger charge is 2.38. The van der Waals surface area contributed by atoms with Gasteiger partial charge >= 0.3 is 0 Å². The normalized spacial score (nSPS) is 21.9. The minimum absolute atomic E-state index is 0.0483. The van der Waals surface area contributed by atoms with Crippen molar-refractivity contribution in [1.82, 2.24) is 25.0 Å². The van der Waals surface area contributed by atoms with Crippen molar-refractivity contribution in [2.75, 3.05) is 59.4 Å². The number of hydrogen-bond donors (Lipinski definition) is 1. The minimum Gasteiger partial charge on any atom is -0.344 e. The fourth-order valence-electron chi connectivity index (χ4n) is 3.94. The number of carbonyl (C=O) groups is 1. The predicted octanol–water partition coefficient (Wildman–Crippen LogP) is 1.71. The van der Waals surface area contributed by atoms with Crippen LogP contribution in [0.5, 0.6) is 0 Å². The van der Waals surface area contributed by atoms with Crippen LogP contribution in [0.3, 0.4) is 0 Å². The third kappa shape index (κ3) is 5.16. The van der Waals surface area contributed by atoms with Crippen molar-refractivity contribution in [2.45, 2.75) is 25.3 Å². The van der Waals surface area contributed by atoms with Crippen molar-refractivity contribution in [3.05, 3.63) is 28.8 Å². The molecule has 1 aromatic heterocycles. The molecule has 0 spiro atoms. The molecule has 0 bridgehead atoms. The average Bonchev–Trinajstić information content (AvgIpc) is 2.65. The summed E-state index contributed by atoms with van der Waals surface area (Å²) in [6.45, 7) is 10.1. The number of halogens is 2. The summed E-state index contributed by atoms with van der Waals surface area (Å²) in [7, 11) is 2.10. The lowest BCUT2D eigenvalue weighted by Gasteiger charge is -2.45. The highest BCUT2D eigenvalue weighted by Crippen LogP contribution is 2.25. The molecule has 0 aliphatic carbocycles. The van der Waals surface area contributed by atoms with E-state index in [0.717, 1.165) is 77.5 Å². The highest BCUT2D eigenvalue weighted by molar-refractivity contribution is 6.33. The summed E-state index contributed by atoms with van der Waals surface area (Å²) in [5.74, 6) is -0.865. The Morgan fingerprint density at radius 3 is 2.44 bits per heavy atom. The van der Waals surface area contributed by atoms with E-state index in [4.69, 9.17) is 11.6 Å². The van der Waals surface area contributed by atoms with Crippen molar-refractivity contribution < 1.29 is 9.18 Å². The van der Waals surface area contributed by atoms with Crippen LogP contribution in [0.2, 0.25) is 5.02 Å². The van der Waals surface area contributed by atoms with E-state index in [1.165, 1.54) is 0 Å². The quantitative estimate of drug-likeness (QED) is 0.819. The van der Waals surface area contributed by atoms with Crippen LogP contribution in [0.25, 0.3) is 0 Å². The topological polar surface area (TPSA) is 51.7 Å². The molecule has 0 saturated carbocycles. The lowest BCUT2D eigenvalue weighted by molar-refractivity contribution is 0.0601. The van der Waals surface area contributed by atoms with E-state index in [9.17, 15) is 9.18 Å². The Kier molecular flexibility index (Phi) is 6.68.